The summed E-state index contributed by atoms with van der Waals surface area (Å²) in [5, 5.41) is 2.77. The SMILES string of the molecule is CC(=O)Nc1ccc(C)cc1OCC1CCCO1. The minimum atomic E-state index is -0.0965. The number of hydrogen-bond acceptors (Lipinski definition) is 3. The van der Waals surface area contributed by atoms with Gasteiger partial charge in [0, 0.05) is 13.5 Å². The van der Waals surface area contributed by atoms with Crippen LogP contribution in [-0.2, 0) is 9.53 Å². The first-order valence-corrected chi connectivity index (χ1v) is 6.28. The third-order valence-electron chi connectivity index (χ3n) is 2.90. The number of hydrogen-bond donors (Lipinski definition) is 1. The second kappa shape index (κ2) is 5.87. The van der Waals surface area contributed by atoms with Gasteiger partial charge in [-0.2, -0.15) is 0 Å². The van der Waals surface area contributed by atoms with Gasteiger partial charge in [-0.05, 0) is 37.5 Å². The van der Waals surface area contributed by atoms with Gasteiger partial charge in [-0.1, -0.05) is 6.07 Å². The third kappa shape index (κ3) is 3.47. The van der Waals surface area contributed by atoms with E-state index in [4.69, 9.17) is 9.47 Å². The highest BCUT2D eigenvalue weighted by molar-refractivity contribution is 5.90. The van der Waals surface area contributed by atoms with Crippen LogP contribution < -0.4 is 10.1 Å². The van der Waals surface area contributed by atoms with E-state index < -0.39 is 0 Å². The van der Waals surface area contributed by atoms with E-state index in [-0.39, 0.29) is 12.0 Å². The van der Waals surface area contributed by atoms with E-state index in [0.717, 1.165) is 25.0 Å². The Balaban J connectivity index is 2.03. The molecule has 1 N–H and O–H groups in total. The van der Waals surface area contributed by atoms with Crippen LogP contribution in [-0.4, -0.2) is 25.2 Å². The maximum Gasteiger partial charge on any atom is 0.221 e. The molecular formula is C14H19NO3. The Labute approximate surface area is 107 Å². The van der Waals surface area contributed by atoms with Crippen molar-refractivity contribution in [2.45, 2.75) is 32.8 Å². The fourth-order valence-corrected chi connectivity index (χ4v) is 2.00. The van der Waals surface area contributed by atoms with E-state index in [1.165, 1.54) is 6.92 Å². The zero-order chi connectivity index (χ0) is 13.0. The minimum absolute atomic E-state index is 0.0965. The molecule has 1 amide bonds. The van der Waals surface area contributed by atoms with E-state index in [1.807, 2.05) is 25.1 Å². The number of aryl methyl sites for hydroxylation is 1. The van der Waals surface area contributed by atoms with Crippen molar-refractivity contribution in [3.63, 3.8) is 0 Å². The van der Waals surface area contributed by atoms with Crippen molar-refractivity contribution >= 4 is 11.6 Å². The van der Waals surface area contributed by atoms with Gasteiger partial charge >= 0.3 is 0 Å². The fourth-order valence-electron chi connectivity index (χ4n) is 2.00. The number of amides is 1. The van der Waals surface area contributed by atoms with Gasteiger partial charge in [-0.15, -0.1) is 0 Å². The maximum atomic E-state index is 11.1. The lowest BCUT2D eigenvalue weighted by Crippen LogP contribution is -2.17. The molecule has 0 aromatic heterocycles. The molecule has 1 aliphatic rings. The Bertz CT molecular complexity index is 425. The molecule has 4 heteroatoms. The number of ether oxygens (including phenoxy) is 2. The van der Waals surface area contributed by atoms with Crippen LogP contribution in [0.1, 0.15) is 25.3 Å². The number of anilines is 1. The molecule has 4 nitrogen and oxygen atoms in total. The first kappa shape index (κ1) is 12.9. The van der Waals surface area contributed by atoms with Crippen molar-refractivity contribution in [3.8, 4) is 5.75 Å². The lowest BCUT2D eigenvalue weighted by atomic mass is 10.2. The van der Waals surface area contributed by atoms with Crippen LogP contribution >= 0.6 is 0 Å². The summed E-state index contributed by atoms with van der Waals surface area (Å²) in [7, 11) is 0. The Kier molecular flexibility index (Phi) is 4.20. The van der Waals surface area contributed by atoms with Gasteiger partial charge in [0.1, 0.15) is 12.4 Å². The van der Waals surface area contributed by atoms with Gasteiger partial charge < -0.3 is 14.8 Å². The van der Waals surface area contributed by atoms with E-state index in [1.54, 1.807) is 0 Å². The van der Waals surface area contributed by atoms with Crippen LogP contribution in [0.2, 0.25) is 0 Å². The summed E-state index contributed by atoms with van der Waals surface area (Å²) in [6.45, 7) is 4.84. The van der Waals surface area contributed by atoms with Crippen molar-refractivity contribution in [2.24, 2.45) is 0 Å². The highest BCUT2D eigenvalue weighted by Gasteiger charge is 2.17. The quantitative estimate of drug-likeness (QED) is 0.892. The smallest absolute Gasteiger partial charge is 0.221 e. The molecule has 1 heterocycles. The van der Waals surface area contributed by atoms with E-state index in [9.17, 15) is 4.79 Å². The van der Waals surface area contributed by atoms with Crippen molar-refractivity contribution in [2.75, 3.05) is 18.5 Å². The molecule has 0 saturated carbocycles. The molecule has 1 aromatic carbocycles. The van der Waals surface area contributed by atoms with Crippen LogP contribution in [0.4, 0.5) is 5.69 Å². The minimum Gasteiger partial charge on any atom is -0.489 e. The summed E-state index contributed by atoms with van der Waals surface area (Å²) in [4.78, 5) is 11.1. The fraction of sp³-hybridized carbons (Fsp3) is 0.500. The van der Waals surface area contributed by atoms with Gasteiger partial charge in [-0.25, -0.2) is 0 Å². The molecule has 1 unspecified atom stereocenters. The summed E-state index contributed by atoms with van der Waals surface area (Å²) >= 11 is 0. The first-order valence-electron chi connectivity index (χ1n) is 6.28. The molecular weight excluding hydrogens is 230 g/mol. The van der Waals surface area contributed by atoms with Gasteiger partial charge in [0.25, 0.3) is 0 Å². The highest BCUT2D eigenvalue weighted by Crippen LogP contribution is 2.26. The summed E-state index contributed by atoms with van der Waals surface area (Å²) in [6.07, 6.45) is 2.32. The van der Waals surface area contributed by atoms with Crippen LogP contribution in [0.5, 0.6) is 5.75 Å². The summed E-state index contributed by atoms with van der Waals surface area (Å²) < 4.78 is 11.3. The summed E-state index contributed by atoms with van der Waals surface area (Å²) in [6, 6.07) is 5.74. The average Bonchev–Trinajstić information content (AvgIpc) is 2.82. The average molecular weight is 249 g/mol. The highest BCUT2D eigenvalue weighted by atomic mass is 16.5. The van der Waals surface area contributed by atoms with Crippen LogP contribution in [0.25, 0.3) is 0 Å². The van der Waals surface area contributed by atoms with Crippen LogP contribution in [0, 0.1) is 6.92 Å². The molecule has 1 aliphatic heterocycles. The molecule has 1 aromatic rings. The van der Waals surface area contributed by atoms with Gasteiger partial charge in [0.05, 0.1) is 11.8 Å². The van der Waals surface area contributed by atoms with Crippen molar-refractivity contribution < 1.29 is 14.3 Å². The number of rotatable bonds is 4. The molecule has 0 bridgehead atoms. The number of carbonyl (C=O) groups is 1. The molecule has 1 fully saturated rings. The predicted molar refractivity (Wildman–Crippen MR) is 70.0 cm³/mol. The van der Waals surface area contributed by atoms with E-state index in [2.05, 4.69) is 5.32 Å². The molecule has 1 saturated heterocycles. The third-order valence-corrected chi connectivity index (χ3v) is 2.90. The molecule has 1 atom stereocenters. The molecule has 0 radical (unpaired) electrons. The van der Waals surface area contributed by atoms with Crippen LogP contribution in [0.15, 0.2) is 18.2 Å². The lowest BCUT2D eigenvalue weighted by Gasteiger charge is -2.15. The van der Waals surface area contributed by atoms with Crippen LogP contribution in [0.3, 0.4) is 0 Å². The summed E-state index contributed by atoms with van der Waals surface area (Å²) in [5.74, 6) is 0.613. The second-order valence-electron chi connectivity index (χ2n) is 4.63. The van der Waals surface area contributed by atoms with E-state index >= 15 is 0 Å². The topological polar surface area (TPSA) is 47.6 Å². The van der Waals surface area contributed by atoms with Gasteiger partial charge in [-0.3, -0.25) is 4.79 Å². The van der Waals surface area contributed by atoms with Crippen molar-refractivity contribution in [1.29, 1.82) is 0 Å². The van der Waals surface area contributed by atoms with Crippen molar-refractivity contribution in [1.82, 2.24) is 0 Å². The zero-order valence-electron chi connectivity index (χ0n) is 10.9. The van der Waals surface area contributed by atoms with Crippen molar-refractivity contribution in [3.05, 3.63) is 23.8 Å². The molecule has 98 valence electrons. The number of nitrogens with one attached hydrogen (secondary N) is 1. The predicted octanol–water partition coefficient (Wildman–Crippen LogP) is 2.51. The Morgan fingerprint density at radius 3 is 3.06 bits per heavy atom. The monoisotopic (exact) mass is 249 g/mol. The largest absolute Gasteiger partial charge is 0.489 e. The van der Waals surface area contributed by atoms with Gasteiger partial charge in [0.2, 0.25) is 5.91 Å². The number of benzene rings is 1. The number of carbonyl (C=O) groups excluding carboxylic acids is 1. The molecule has 0 spiro atoms. The molecule has 0 aliphatic carbocycles. The normalized spacial score (nSPS) is 18.7. The molecule has 18 heavy (non-hydrogen) atoms. The van der Waals surface area contributed by atoms with Gasteiger partial charge in [0.15, 0.2) is 0 Å². The summed E-state index contributed by atoms with van der Waals surface area (Å²) in [5.41, 5.74) is 1.82. The standard InChI is InChI=1S/C14H19NO3/c1-10-5-6-13(15-11(2)16)14(8-10)18-9-12-4-3-7-17-12/h5-6,8,12H,3-4,7,9H2,1-2H3,(H,15,16). The first-order chi connectivity index (χ1) is 8.65. The Hall–Kier alpha value is -1.55. The lowest BCUT2D eigenvalue weighted by molar-refractivity contribution is -0.114. The van der Waals surface area contributed by atoms with E-state index in [0.29, 0.717) is 18.0 Å². The Morgan fingerprint density at radius 1 is 1.56 bits per heavy atom. The Morgan fingerprint density at radius 2 is 2.39 bits per heavy atom. The molecule has 2 rings (SSSR count). The second-order valence-corrected chi connectivity index (χ2v) is 4.63. The zero-order valence-corrected chi connectivity index (χ0v) is 10.9. The maximum absolute atomic E-state index is 11.1.